The fraction of sp³-hybridized carbons (Fsp3) is 0.278. The van der Waals surface area contributed by atoms with Gasteiger partial charge in [-0.2, -0.15) is 0 Å². The first-order chi connectivity index (χ1) is 11.6. The Morgan fingerprint density at radius 2 is 1.96 bits per heavy atom. The molecule has 0 unspecified atom stereocenters. The highest BCUT2D eigenvalue weighted by atomic mass is 35.5. The molecule has 0 saturated heterocycles. The number of quaternary nitrogens is 1. The van der Waals surface area contributed by atoms with Crippen molar-refractivity contribution >= 4 is 17.5 Å². The zero-order valence-corrected chi connectivity index (χ0v) is 14.4. The Labute approximate surface area is 146 Å². The lowest BCUT2D eigenvalue weighted by Crippen LogP contribution is -2.83. The van der Waals surface area contributed by atoms with Crippen molar-refractivity contribution in [3.05, 3.63) is 58.6 Å². The maximum absolute atomic E-state index is 10.9. The number of methoxy groups -OCH3 is 1. The van der Waals surface area contributed by atoms with Crippen molar-refractivity contribution in [1.82, 2.24) is 0 Å². The maximum atomic E-state index is 10.9. The number of nitrogens with two attached hydrogens (primary N) is 2. The molecule has 0 atom stereocenters. The predicted octanol–water partition coefficient (Wildman–Crippen LogP) is 1.52. The van der Waals surface area contributed by atoms with Gasteiger partial charge in [0.25, 0.3) is 5.91 Å². The van der Waals surface area contributed by atoms with Gasteiger partial charge >= 0.3 is 0 Å². The van der Waals surface area contributed by atoms with Gasteiger partial charge in [0.05, 0.1) is 18.7 Å². The highest BCUT2D eigenvalue weighted by Gasteiger charge is 2.13. The molecule has 0 radical (unpaired) electrons. The fourth-order valence-corrected chi connectivity index (χ4v) is 2.64. The summed E-state index contributed by atoms with van der Waals surface area (Å²) in [6, 6.07) is 14.0. The molecule has 0 aromatic heterocycles. The molecule has 2 aromatic rings. The molecule has 5 nitrogen and oxygen atoms in total. The number of ether oxygens (including phenoxy) is 2. The van der Waals surface area contributed by atoms with Crippen LogP contribution in [0.25, 0.3) is 0 Å². The van der Waals surface area contributed by atoms with Gasteiger partial charge in [0, 0.05) is 12.0 Å². The van der Waals surface area contributed by atoms with Crippen LogP contribution in [0.15, 0.2) is 42.5 Å². The molecule has 24 heavy (non-hydrogen) atoms. The first kappa shape index (κ1) is 18.1. The molecule has 0 fully saturated rings. The van der Waals surface area contributed by atoms with E-state index in [0.29, 0.717) is 16.5 Å². The Bertz CT molecular complexity index is 677. The van der Waals surface area contributed by atoms with E-state index in [-0.39, 0.29) is 6.61 Å². The van der Waals surface area contributed by atoms with Gasteiger partial charge in [-0.25, -0.2) is 0 Å². The van der Waals surface area contributed by atoms with E-state index >= 15 is 0 Å². The van der Waals surface area contributed by atoms with Gasteiger partial charge in [0.2, 0.25) is 0 Å². The van der Waals surface area contributed by atoms with E-state index in [9.17, 15) is 4.79 Å². The minimum atomic E-state index is -0.563. The predicted molar refractivity (Wildman–Crippen MR) is 93.3 cm³/mol. The van der Waals surface area contributed by atoms with Gasteiger partial charge in [0.1, 0.15) is 6.54 Å². The summed E-state index contributed by atoms with van der Waals surface area (Å²) in [5.41, 5.74) is 7.43. The summed E-state index contributed by atoms with van der Waals surface area (Å²) in [6.07, 6.45) is 1.01. The topological polar surface area (TPSA) is 78.2 Å². The van der Waals surface area contributed by atoms with Crippen LogP contribution in [0, 0.1) is 0 Å². The molecule has 4 N–H and O–H groups in total. The van der Waals surface area contributed by atoms with Gasteiger partial charge in [-0.1, -0.05) is 41.9 Å². The lowest BCUT2D eigenvalue weighted by Gasteiger charge is -2.13. The second-order valence-electron chi connectivity index (χ2n) is 5.38. The second kappa shape index (κ2) is 9.15. The molecule has 0 bridgehead atoms. The molecule has 0 heterocycles. The van der Waals surface area contributed by atoms with Crippen LogP contribution in [0.3, 0.4) is 0 Å². The molecule has 0 spiro atoms. The first-order valence-electron chi connectivity index (χ1n) is 7.73. The summed E-state index contributed by atoms with van der Waals surface area (Å²) in [7, 11) is 1.53. The summed E-state index contributed by atoms with van der Waals surface area (Å²) >= 11 is 6.23. The van der Waals surface area contributed by atoms with Gasteiger partial charge < -0.3 is 20.5 Å². The second-order valence-corrected chi connectivity index (χ2v) is 5.79. The van der Waals surface area contributed by atoms with Crippen molar-refractivity contribution in [3.63, 3.8) is 0 Å². The van der Waals surface area contributed by atoms with Crippen LogP contribution < -0.4 is 20.5 Å². The first-order valence-corrected chi connectivity index (χ1v) is 8.11. The smallest absolute Gasteiger partial charge is 0.255 e. The molecule has 0 saturated carbocycles. The average Bonchev–Trinajstić information content (AvgIpc) is 2.58. The Hall–Kier alpha value is -2.24. The molecule has 0 aliphatic heterocycles. The maximum Gasteiger partial charge on any atom is 0.255 e. The number of rotatable bonds is 9. The zero-order valence-electron chi connectivity index (χ0n) is 13.6. The van der Waals surface area contributed by atoms with E-state index in [1.54, 1.807) is 0 Å². The quantitative estimate of drug-likeness (QED) is 0.674. The normalized spacial score (nSPS) is 10.4. The number of benzene rings is 2. The van der Waals surface area contributed by atoms with Crippen molar-refractivity contribution in [2.45, 2.75) is 13.0 Å². The van der Waals surface area contributed by atoms with E-state index in [2.05, 4.69) is 17.4 Å². The number of carbonyl (C=O) groups excluding carboxylic acids is 1. The van der Waals surface area contributed by atoms with E-state index in [1.165, 1.54) is 12.7 Å². The van der Waals surface area contributed by atoms with Crippen molar-refractivity contribution in [1.29, 1.82) is 0 Å². The monoisotopic (exact) mass is 349 g/mol. The number of primary amides is 1. The van der Waals surface area contributed by atoms with Crippen LogP contribution in [0.4, 0.5) is 0 Å². The molecule has 0 aliphatic carbocycles. The number of amides is 1. The summed E-state index contributed by atoms with van der Waals surface area (Å²) in [6.45, 7) is 1.52. The average molecular weight is 350 g/mol. The molecule has 6 heteroatoms. The summed E-state index contributed by atoms with van der Waals surface area (Å²) < 4.78 is 10.6. The number of hydrogen-bond acceptors (Lipinski definition) is 3. The van der Waals surface area contributed by atoms with Crippen molar-refractivity contribution < 1.29 is 19.6 Å². The molecular formula is C18H22ClN2O3+. The Morgan fingerprint density at radius 1 is 1.21 bits per heavy atom. The summed E-state index contributed by atoms with van der Waals surface area (Å²) in [5, 5.41) is 2.62. The lowest BCUT2D eigenvalue weighted by atomic mass is 10.1. The minimum absolute atomic E-state index is 0.237. The molecular weight excluding hydrogens is 328 g/mol. The summed E-state index contributed by atoms with van der Waals surface area (Å²) in [5.74, 6) is 0.271. The molecule has 2 aromatic carbocycles. The van der Waals surface area contributed by atoms with E-state index in [1.807, 2.05) is 30.3 Å². The largest absolute Gasteiger partial charge is 0.493 e. The van der Waals surface area contributed by atoms with Crippen LogP contribution in [-0.4, -0.2) is 26.2 Å². The van der Waals surface area contributed by atoms with Crippen LogP contribution in [0.5, 0.6) is 11.5 Å². The van der Waals surface area contributed by atoms with Crippen molar-refractivity contribution in [2.75, 3.05) is 20.3 Å². The van der Waals surface area contributed by atoms with Crippen LogP contribution in [0.1, 0.15) is 11.1 Å². The van der Waals surface area contributed by atoms with E-state index < -0.39 is 5.91 Å². The Balaban J connectivity index is 1.93. The highest BCUT2D eigenvalue weighted by molar-refractivity contribution is 6.32. The summed E-state index contributed by atoms with van der Waals surface area (Å²) in [4.78, 5) is 10.9. The SMILES string of the molecule is COc1cc(C[NH2+]CCc2ccccc2)cc(Cl)c1OCC(N)=O. The van der Waals surface area contributed by atoms with E-state index in [4.69, 9.17) is 26.8 Å². The van der Waals surface area contributed by atoms with Gasteiger partial charge in [-0.15, -0.1) is 0 Å². The zero-order chi connectivity index (χ0) is 17.4. The van der Waals surface area contributed by atoms with Gasteiger partial charge in [0.15, 0.2) is 18.1 Å². The van der Waals surface area contributed by atoms with E-state index in [0.717, 1.165) is 25.1 Å². The Kier molecular flexibility index (Phi) is 6.90. The van der Waals surface area contributed by atoms with Crippen molar-refractivity contribution in [2.24, 2.45) is 5.73 Å². The number of carbonyl (C=O) groups is 1. The fourth-order valence-electron chi connectivity index (χ4n) is 2.36. The third-order valence-corrected chi connectivity index (χ3v) is 3.79. The third kappa shape index (κ3) is 5.44. The molecule has 1 amide bonds. The number of hydrogen-bond donors (Lipinski definition) is 2. The minimum Gasteiger partial charge on any atom is -0.493 e. The standard InChI is InChI=1S/C18H21ClN2O3/c1-23-16-10-14(9-15(19)18(16)24-12-17(20)22)11-21-8-7-13-5-3-2-4-6-13/h2-6,9-10,21H,7-8,11-12H2,1H3,(H2,20,22)/p+1. The molecule has 0 aliphatic rings. The van der Waals surface area contributed by atoms with Gasteiger partial charge in [-0.3, -0.25) is 4.79 Å². The lowest BCUT2D eigenvalue weighted by molar-refractivity contribution is -0.670. The number of halogens is 1. The van der Waals surface area contributed by atoms with Crippen LogP contribution >= 0.6 is 11.6 Å². The Morgan fingerprint density at radius 3 is 2.62 bits per heavy atom. The molecule has 2 rings (SSSR count). The highest BCUT2D eigenvalue weighted by Crippen LogP contribution is 2.36. The van der Waals surface area contributed by atoms with Crippen molar-refractivity contribution in [3.8, 4) is 11.5 Å². The molecule has 128 valence electrons. The van der Waals surface area contributed by atoms with Crippen LogP contribution in [0.2, 0.25) is 5.02 Å². The van der Waals surface area contributed by atoms with Gasteiger partial charge in [-0.05, 0) is 17.7 Å². The van der Waals surface area contributed by atoms with Crippen LogP contribution in [-0.2, 0) is 17.8 Å². The third-order valence-electron chi connectivity index (χ3n) is 3.51.